The summed E-state index contributed by atoms with van der Waals surface area (Å²) in [5.41, 5.74) is 8.82. The second-order valence-corrected chi connectivity index (χ2v) is 3.89. The molecule has 1 aromatic heterocycles. The van der Waals surface area contributed by atoms with Crippen molar-refractivity contribution in [2.75, 3.05) is 19.0 Å². The van der Waals surface area contributed by atoms with Crippen LogP contribution in [0.3, 0.4) is 0 Å². The third-order valence-corrected chi connectivity index (χ3v) is 2.52. The van der Waals surface area contributed by atoms with E-state index in [1.165, 1.54) is 5.69 Å². The minimum absolute atomic E-state index is 0.440. The summed E-state index contributed by atoms with van der Waals surface area (Å²) in [6.45, 7) is 0.440. The van der Waals surface area contributed by atoms with Gasteiger partial charge in [0.1, 0.15) is 5.82 Å². The zero-order valence-electron chi connectivity index (χ0n) is 9.57. The largest absolute Gasteiger partial charge is 0.378 e. The molecule has 4 nitrogen and oxygen atoms in total. The summed E-state index contributed by atoms with van der Waals surface area (Å²) in [4.78, 5) is 9.43. The first kappa shape index (κ1) is 10.7. The molecule has 0 amide bonds. The first-order valence-electron chi connectivity index (χ1n) is 5.22. The topological polar surface area (TPSA) is 57.9 Å². The van der Waals surface area contributed by atoms with Gasteiger partial charge in [-0.2, -0.15) is 0 Å². The molecule has 1 aromatic carbocycles. The van der Waals surface area contributed by atoms with Gasteiger partial charge in [0.25, 0.3) is 0 Å². The number of nitrogens with one attached hydrogen (secondary N) is 1. The number of anilines is 1. The van der Waals surface area contributed by atoms with E-state index in [-0.39, 0.29) is 0 Å². The van der Waals surface area contributed by atoms with E-state index >= 15 is 0 Å². The summed E-state index contributed by atoms with van der Waals surface area (Å²) in [5.74, 6) is 0.812. The summed E-state index contributed by atoms with van der Waals surface area (Å²) in [7, 11) is 4.05. The number of benzene rings is 1. The molecule has 0 fully saturated rings. The molecule has 2 aromatic rings. The molecule has 0 saturated carbocycles. The predicted molar refractivity (Wildman–Crippen MR) is 66.2 cm³/mol. The maximum absolute atomic E-state index is 5.50. The Morgan fingerprint density at radius 1 is 1.25 bits per heavy atom. The average Bonchev–Trinajstić information content (AvgIpc) is 2.77. The van der Waals surface area contributed by atoms with Crippen LogP contribution in [0.4, 0.5) is 5.69 Å². The highest BCUT2D eigenvalue weighted by Gasteiger charge is 2.02. The quantitative estimate of drug-likeness (QED) is 0.819. The smallest absolute Gasteiger partial charge is 0.120 e. The molecule has 84 valence electrons. The van der Waals surface area contributed by atoms with Gasteiger partial charge in [-0.15, -0.1) is 0 Å². The lowest BCUT2D eigenvalue weighted by molar-refractivity contribution is 0.950. The Morgan fingerprint density at radius 3 is 2.44 bits per heavy atom. The zero-order chi connectivity index (χ0) is 11.5. The zero-order valence-corrected chi connectivity index (χ0v) is 9.57. The van der Waals surface area contributed by atoms with Gasteiger partial charge in [0.2, 0.25) is 0 Å². The van der Waals surface area contributed by atoms with Crippen molar-refractivity contribution in [3.8, 4) is 11.3 Å². The molecule has 0 radical (unpaired) electrons. The predicted octanol–water partition coefficient (Wildman–Crippen LogP) is 1.60. The van der Waals surface area contributed by atoms with Crippen molar-refractivity contribution in [3.05, 3.63) is 36.3 Å². The van der Waals surface area contributed by atoms with Gasteiger partial charge >= 0.3 is 0 Å². The highest BCUT2D eigenvalue weighted by Crippen LogP contribution is 2.20. The van der Waals surface area contributed by atoms with Crippen molar-refractivity contribution >= 4 is 5.69 Å². The van der Waals surface area contributed by atoms with Gasteiger partial charge in [0, 0.05) is 19.8 Å². The van der Waals surface area contributed by atoms with Gasteiger partial charge < -0.3 is 15.6 Å². The Bertz CT molecular complexity index is 456. The first-order valence-corrected chi connectivity index (χ1v) is 5.22. The third kappa shape index (κ3) is 2.06. The molecular formula is C12H16N4. The number of aromatic nitrogens is 2. The van der Waals surface area contributed by atoms with Crippen LogP contribution in [-0.2, 0) is 6.54 Å². The van der Waals surface area contributed by atoms with E-state index in [1.54, 1.807) is 0 Å². The van der Waals surface area contributed by atoms with Crippen LogP contribution >= 0.6 is 0 Å². The molecule has 1 heterocycles. The van der Waals surface area contributed by atoms with Crippen LogP contribution in [0.25, 0.3) is 11.3 Å². The lowest BCUT2D eigenvalue weighted by Gasteiger charge is -2.12. The Morgan fingerprint density at radius 2 is 1.94 bits per heavy atom. The molecule has 3 N–H and O–H groups in total. The Kier molecular flexibility index (Phi) is 2.92. The van der Waals surface area contributed by atoms with Crippen LogP contribution < -0.4 is 10.6 Å². The molecule has 0 spiro atoms. The molecule has 0 aliphatic rings. The fourth-order valence-corrected chi connectivity index (χ4v) is 1.55. The van der Waals surface area contributed by atoms with Crippen LogP contribution in [-0.4, -0.2) is 24.1 Å². The molecule has 0 saturated heterocycles. The lowest BCUT2D eigenvalue weighted by Crippen LogP contribution is -2.07. The monoisotopic (exact) mass is 216 g/mol. The minimum atomic E-state index is 0.440. The SMILES string of the molecule is CN(C)c1ccc(-c2cnc(CN)[nH]2)cc1. The van der Waals surface area contributed by atoms with Gasteiger partial charge in [0.05, 0.1) is 18.4 Å². The summed E-state index contributed by atoms with van der Waals surface area (Å²) >= 11 is 0. The summed E-state index contributed by atoms with van der Waals surface area (Å²) in [6, 6.07) is 8.31. The van der Waals surface area contributed by atoms with Crippen molar-refractivity contribution in [2.24, 2.45) is 5.73 Å². The lowest BCUT2D eigenvalue weighted by atomic mass is 10.1. The molecule has 2 rings (SSSR count). The van der Waals surface area contributed by atoms with E-state index in [9.17, 15) is 0 Å². The number of rotatable bonds is 3. The number of nitrogens with two attached hydrogens (primary N) is 1. The van der Waals surface area contributed by atoms with Gasteiger partial charge in [-0.1, -0.05) is 12.1 Å². The molecule has 0 aliphatic carbocycles. The van der Waals surface area contributed by atoms with Crippen molar-refractivity contribution in [1.82, 2.24) is 9.97 Å². The Hall–Kier alpha value is -1.81. The van der Waals surface area contributed by atoms with Crippen molar-refractivity contribution in [2.45, 2.75) is 6.54 Å². The minimum Gasteiger partial charge on any atom is -0.378 e. The van der Waals surface area contributed by atoms with Crippen LogP contribution in [0.1, 0.15) is 5.82 Å². The van der Waals surface area contributed by atoms with E-state index in [1.807, 2.05) is 20.3 Å². The highest BCUT2D eigenvalue weighted by molar-refractivity contribution is 5.62. The molecule has 16 heavy (non-hydrogen) atoms. The fraction of sp³-hybridized carbons (Fsp3) is 0.250. The van der Waals surface area contributed by atoms with Crippen molar-refractivity contribution in [1.29, 1.82) is 0 Å². The van der Waals surface area contributed by atoms with Crippen molar-refractivity contribution < 1.29 is 0 Å². The van der Waals surface area contributed by atoms with E-state index < -0.39 is 0 Å². The van der Waals surface area contributed by atoms with Crippen molar-refractivity contribution in [3.63, 3.8) is 0 Å². The van der Waals surface area contributed by atoms with Gasteiger partial charge in [-0.05, 0) is 17.7 Å². The van der Waals surface area contributed by atoms with Crippen LogP contribution in [0.2, 0.25) is 0 Å². The molecule has 0 atom stereocenters. The summed E-state index contributed by atoms with van der Waals surface area (Å²) in [5, 5.41) is 0. The van der Waals surface area contributed by atoms with Crippen LogP contribution in [0.15, 0.2) is 30.5 Å². The van der Waals surface area contributed by atoms with Gasteiger partial charge in [0.15, 0.2) is 0 Å². The Balaban J connectivity index is 2.27. The maximum Gasteiger partial charge on any atom is 0.120 e. The van der Waals surface area contributed by atoms with E-state index in [4.69, 9.17) is 5.73 Å². The molecule has 0 aliphatic heterocycles. The first-order chi connectivity index (χ1) is 7.70. The highest BCUT2D eigenvalue weighted by atomic mass is 15.1. The molecule has 0 bridgehead atoms. The Labute approximate surface area is 95.1 Å². The molecular weight excluding hydrogens is 200 g/mol. The number of imidazole rings is 1. The van der Waals surface area contributed by atoms with E-state index in [0.717, 1.165) is 17.1 Å². The van der Waals surface area contributed by atoms with E-state index in [0.29, 0.717) is 6.54 Å². The number of aromatic amines is 1. The van der Waals surface area contributed by atoms with E-state index in [2.05, 4.69) is 39.1 Å². The maximum atomic E-state index is 5.50. The number of H-pyrrole nitrogens is 1. The standard InChI is InChI=1S/C12H16N4/c1-16(2)10-5-3-9(4-6-10)11-8-14-12(7-13)15-11/h3-6,8H,7,13H2,1-2H3,(H,14,15). The third-order valence-electron chi connectivity index (χ3n) is 2.52. The normalized spacial score (nSPS) is 10.4. The second-order valence-electron chi connectivity index (χ2n) is 3.89. The molecule has 0 unspecified atom stereocenters. The van der Waals surface area contributed by atoms with Gasteiger partial charge in [-0.25, -0.2) is 4.98 Å². The van der Waals surface area contributed by atoms with Gasteiger partial charge in [-0.3, -0.25) is 0 Å². The number of nitrogens with zero attached hydrogens (tertiary/aromatic N) is 2. The van der Waals surface area contributed by atoms with Crippen LogP contribution in [0, 0.1) is 0 Å². The summed E-state index contributed by atoms with van der Waals surface area (Å²) in [6.07, 6.45) is 1.81. The summed E-state index contributed by atoms with van der Waals surface area (Å²) < 4.78 is 0. The number of hydrogen-bond acceptors (Lipinski definition) is 3. The van der Waals surface area contributed by atoms with Crippen LogP contribution in [0.5, 0.6) is 0 Å². The second kappa shape index (κ2) is 4.37. The average molecular weight is 216 g/mol. The molecule has 4 heteroatoms. The fourth-order valence-electron chi connectivity index (χ4n) is 1.55. The number of hydrogen-bond donors (Lipinski definition) is 2.